The van der Waals surface area contributed by atoms with E-state index >= 15 is 0 Å². The predicted octanol–water partition coefficient (Wildman–Crippen LogP) is 1.86. The second-order valence-corrected chi connectivity index (χ2v) is 5.81. The summed E-state index contributed by atoms with van der Waals surface area (Å²) in [4.78, 5) is 27.5. The molecular formula is C13H22N4O5. The van der Waals surface area contributed by atoms with Crippen molar-refractivity contribution in [3.63, 3.8) is 0 Å². The highest BCUT2D eigenvalue weighted by molar-refractivity contribution is 5.71. The number of azide groups is 1. The average molecular weight is 314 g/mol. The zero-order valence-corrected chi connectivity index (χ0v) is 13.3. The highest BCUT2D eigenvalue weighted by atomic mass is 16.6. The van der Waals surface area contributed by atoms with Crippen molar-refractivity contribution in [2.24, 2.45) is 5.11 Å². The van der Waals surface area contributed by atoms with Crippen LogP contribution in [-0.4, -0.2) is 61.0 Å². The van der Waals surface area contributed by atoms with E-state index in [1.54, 1.807) is 27.7 Å². The molecule has 1 saturated heterocycles. The maximum atomic E-state index is 12.0. The summed E-state index contributed by atoms with van der Waals surface area (Å²) >= 11 is 0. The lowest BCUT2D eigenvalue weighted by molar-refractivity contribution is -0.150. The van der Waals surface area contributed by atoms with Crippen LogP contribution in [0.3, 0.4) is 0 Å². The molecule has 9 nitrogen and oxygen atoms in total. The molecule has 0 saturated carbocycles. The van der Waals surface area contributed by atoms with E-state index in [2.05, 4.69) is 10.0 Å². The molecule has 0 N–H and O–H groups in total. The molecule has 2 atom stereocenters. The summed E-state index contributed by atoms with van der Waals surface area (Å²) in [6, 6.07) is -0.563. The Morgan fingerprint density at radius 1 is 1.36 bits per heavy atom. The fourth-order valence-electron chi connectivity index (χ4n) is 1.95. The zero-order valence-electron chi connectivity index (χ0n) is 13.3. The molecule has 1 fully saturated rings. The molecule has 2 unspecified atom stereocenters. The molecule has 1 heterocycles. The number of rotatable bonds is 5. The van der Waals surface area contributed by atoms with Gasteiger partial charge in [0.2, 0.25) is 0 Å². The molecule has 22 heavy (non-hydrogen) atoms. The number of carbonyl (C=O) groups is 2. The molecule has 1 aliphatic rings. The number of hydrogen-bond acceptors (Lipinski definition) is 6. The first-order chi connectivity index (χ1) is 10.3. The van der Waals surface area contributed by atoms with Gasteiger partial charge in [0.25, 0.3) is 0 Å². The smallest absolute Gasteiger partial charge is 0.410 e. The molecule has 0 aromatic rings. The number of hydrogen-bond donors (Lipinski definition) is 0. The van der Waals surface area contributed by atoms with Gasteiger partial charge in [-0.25, -0.2) is 9.59 Å². The third-order valence-corrected chi connectivity index (χ3v) is 2.81. The molecule has 0 aliphatic carbocycles. The Bertz CT molecular complexity index is 456. The minimum Gasteiger partial charge on any atom is -0.464 e. The molecule has 9 heteroatoms. The van der Waals surface area contributed by atoms with Crippen LogP contribution in [0.2, 0.25) is 0 Å². The second kappa shape index (κ2) is 7.86. The Morgan fingerprint density at radius 2 is 2.05 bits per heavy atom. The average Bonchev–Trinajstić information content (AvgIpc) is 2.79. The van der Waals surface area contributed by atoms with Crippen LogP contribution >= 0.6 is 0 Å². The van der Waals surface area contributed by atoms with Gasteiger partial charge in [0.15, 0.2) is 0 Å². The summed E-state index contributed by atoms with van der Waals surface area (Å²) in [7, 11) is 0. The van der Waals surface area contributed by atoms with Gasteiger partial charge >= 0.3 is 12.1 Å². The highest BCUT2D eigenvalue weighted by Crippen LogP contribution is 2.20. The first kappa shape index (κ1) is 18.1. The normalized spacial score (nSPS) is 21.2. The first-order valence-electron chi connectivity index (χ1n) is 7.06. The Labute approximate surface area is 129 Å². The minimum atomic E-state index is -0.616. The van der Waals surface area contributed by atoms with E-state index in [0.717, 1.165) is 0 Å². The van der Waals surface area contributed by atoms with Crippen molar-refractivity contribution in [2.45, 2.75) is 45.4 Å². The Balaban J connectivity index is 2.62. The van der Waals surface area contributed by atoms with Gasteiger partial charge in [-0.3, -0.25) is 0 Å². The van der Waals surface area contributed by atoms with Crippen LogP contribution in [0.1, 0.15) is 27.7 Å². The van der Waals surface area contributed by atoms with E-state index in [0.29, 0.717) is 0 Å². The zero-order chi connectivity index (χ0) is 16.8. The van der Waals surface area contributed by atoms with Crippen molar-refractivity contribution in [1.82, 2.24) is 4.90 Å². The van der Waals surface area contributed by atoms with Gasteiger partial charge < -0.3 is 19.1 Å². The molecule has 1 aliphatic heterocycles. The van der Waals surface area contributed by atoms with Crippen molar-refractivity contribution >= 4 is 12.1 Å². The van der Waals surface area contributed by atoms with Gasteiger partial charge in [-0.05, 0) is 33.2 Å². The van der Waals surface area contributed by atoms with Crippen LogP contribution < -0.4 is 0 Å². The fourth-order valence-corrected chi connectivity index (χ4v) is 1.95. The highest BCUT2D eigenvalue weighted by Gasteiger charge is 2.37. The van der Waals surface area contributed by atoms with Crippen molar-refractivity contribution in [2.75, 3.05) is 26.3 Å². The van der Waals surface area contributed by atoms with Crippen molar-refractivity contribution in [3.05, 3.63) is 10.4 Å². The molecule has 0 bridgehead atoms. The molecule has 0 aromatic heterocycles. The van der Waals surface area contributed by atoms with E-state index < -0.39 is 29.8 Å². The van der Waals surface area contributed by atoms with E-state index in [9.17, 15) is 9.59 Å². The van der Waals surface area contributed by atoms with Crippen molar-refractivity contribution in [3.8, 4) is 0 Å². The van der Waals surface area contributed by atoms with Gasteiger partial charge in [0.1, 0.15) is 12.2 Å². The standard InChI is InChI=1S/C13H22N4O5/c1-5-20-11(18)8-21-10-7-17(6-9(10)15-16-14)12(19)22-13(2,3)4/h9-10H,5-8H2,1-4H3. The lowest BCUT2D eigenvalue weighted by Gasteiger charge is -2.24. The maximum absolute atomic E-state index is 12.0. The lowest BCUT2D eigenvalue weighted by Crippen LogP contribution is -2.36. The minimum absolute atomic E-state index is 0.187. The largest absolute Gasteiger partial charge is 0.464 e. The van der Waals surface area contributed by atoms with Crippen molar-refractivity contribution < 1.29 is 23.8 Å². The van der Waals surface area contributed by atoms with Crippen LogP contribution in [0.25, 0.3) is 10.4 Å². The molecule has 124 valence electrons. The maximum Gasteiger partial charge on any atom is 0.410 e. The predicted molar refractivity (Wildman–Crippen MR) is 77.1 cm³/mol. The van der Waals surface area contributed by atoms with Gasteiger partial charge in [0, 0.05) is 11.5 Å². The fraction of sp³-hybridized carbons (Fsp3) is 0.846. The van der Waals surface area contributed by atoms with Gasteiger partial charge in [0.05, 0.1) is 25.3 Å². The van der Waals surface area contributed by atoms with Gasteiger partial charge in [-0.15, -0.1) is 0 Å². The SMILES string of the molecule is CCOC(=O)COC1CN(C(=O)OC(C)(C)C)CC1N=[N+]=[N-]. The monoisotopic (exact) mass is 314 g/mol. The van der Waals surface area contributed by atoms with Crippen LogP contribution in [0.5, 0.6) is 0 Å². The molecule has 0 spiro atoms. The van der Waals surface area contributed by atoms with Gasteiger partial charge in [-0.2, -0.15) is 0 Å². The molecule has 0 aromatic carbocycles. The van der Waals surface area contributed by atoms with Gasteiger partial charge in [-0.1, -0.05) is 5.11 Å². The summed E-state index contributed by atoms with van der Waals surface area (Å²) in [6.45, 7) is 7.38. The van der Waals surface area contributed by atoms with Crippen molar-refractivity contribution in [1.29, 1.82) is 0 Å². The number of likely N-dealkylation sites (tertiary alicyclic amines) is 1. The molecule has 0 radical (unpaired) electrons. The number of amides is 1. The second-order valence-electron chi connectivity index (χ2n) is 5.81. The van der Waals surface area contributed by atoms with E-state index in [4.69, 9.17) is 19.7 Å². The quantitative estimate of drug-likeness (QED) is 0.332. The summed E-state index contributed by atoms with van der Waals surface area (Å²) in [5.41, 5.74) is 7.98. The molecule has 1 rings (SSSR count). The number of carbonyl (C=O) groups excluding carboxylic acids is 2. The van der Waals surface area contributed by atoms with E-state index in [-0.39, 0.29) is 26.3 Å². The third-order valence-electron chi connectivity index (χ3n) is 2.81. The van der Waals surface area contributed by atoms with E-state index in [1.807, 2.05) is 0 Å². The summed E-state index contributed by atoms with van der Waals surface area (Å²) in [5.74, 6) is -0.502. The number of esters is 1. The summed E-state index contributed by atoms with van der Waals surface area (Å²) < 4.78 is 15.4. The Hall–Kier alpha value is -1.99. The molecule has 1 amide bonds. The third kappa shape index (κ3) is 5.79. The summed E-state index contributed by atoms with van der Waals surface area (Å²) in [5, 5.41) is 3.61. The number of nitrogens with zero attached hydrogens (tertiary/aromatic N) is 4. The first-order valence-corrected chi connectivity index (χ1v) is 7.06. The van der Waals surface area contributed by atoms with Crippen LogP contribution in [-0.2, 0) is 19.0 Å². The van der Waals surface area contributed by atoms with Crippen LogP contribution in [0.4, 0.5) is 4.79 Å². The summed E-state index contributed by atoms with van der Waals surface area (Å²) in [6.07, 6.45) is -1.07. The topological polar surface area (TPSA) is 114 Å². The lowest BCUT2D eigenvalue weighted by atomic mass is 10.2. The van der Waals surface area contributed by atoms with Crippen LogP contribution in [0.15, 0.2) is 5.11 Å². The Kier molecular flexibility index (Phi) is 6.45. The Morgan fingerprint density at radius 3 is 2.59 bits per heavy atom. The van der Waals surface area contributed by atoms with E-state index in [1.165, 1.54) is 4.90 Å². The van der Waals surface area contributed by atoms with Crippen LogP contribution in [0, 0.1) is 0 Å². The number of ether oxygens (including phenoxy) is 3. The molecular weight excluding hydrogens is 292 g/mol.